The second-order valence-corrected chi connectivity index (χ2v) is 9.36. The molecule has 0 atom stereocenters. The Morgan fingerprint density at radius 1 is 1.07 bits per heavy atom. The predicted octanol–water partition coefficient (Wildman–Crippen LogP) is 2.39. The number of ether oxygens (including phenoxy) is 1. The van der Waals surface area contributed by atoms with Crippen LogP contribution in [0.4, 0.5) is 5.69 Å². The molecule has 2 heterocycles. The Morgan fingerprint density at radius 3 is 2.37 bits per heavy atom. The quantitative estimate of drug-likeness (QED) is 0.642. The van der Waals surface area contributed by atoms with E-state index < -0.39 is 15.7 Å². The molecule has 1 saturated heterocycles. The number of benzene rings is 2. The molecule has 8 nitrogen and oxygen atoms in total. The third-order valence-corrected chi connectivity index (χ3v) is 6.31. The smallest absolute Gasteiger partial charge is 0.271 e. The predicted molar refractivity (Wildman–Crippen MR) is 114 cm³/mol. The minimum atomic E-state index is -3.25. The Morgan fingerprint density at radius 2 is 1.73 bits per heavy atom. The van der Waals surface area contributed by atoms with Gasteiger partial charge in [0.05, 0.1) is 16.1 Å². The van der Waals surface area contributed by atoms with E-state index >= 15 is 0 Å². The Labute approximate surface area is 174 Å². The van der Waals surface area contributed by atoms with Gasteiger partial charge in [0, 0.05) is 30.9 Å². The number of nitrogens with one attached hydrogen (secondary N) is 1. The van der Waals surface area contributed by atoms with E-state index in [4.69, 9.17) is 10.5 Å². The Bertz CT molecular complexity index is 1200. The molecular formula is C21H22N4O4S. The molecule has 1 fully saturated rings. The fourth-order valence-corrected chi connectivity index (χ4v) is 4.18. The van der Waals surface area contributed by atoms with Gasteiger partial charge in [-0.15, -0.1) is 10.2 Å². The topological polar surface area (TPSA) is 124 Å². The number of hydrogen-bond donors (Lipinski definition) is 2. The number of fused-ring (bicyclic) bond motifs is 1. The summed E-state index contributed by atoms with van der Waals surface area (Å²) in [6, 6.07) is 12.5. The summed E-state index contributed by atoms with van der Waals surface area (Å²) in [6.07, 6.45) is 2.83. The molecule has 30 heavy (non-hydrogen) atoms. The standard InChI is InChI=1S/C21H22N4O4S/c1-30(27,28)16-5-2-13(3-6-16)14-4-7-17-18(12-14)24-25-20(21(22)26)19(17)23-15-8-10-29-11-9-15/h2-7,12,15H,8-11H2,1H3,(H2,22,26)(H,23,24). The molecule has 156 valence electrons. The van der Waals surface area contributed by atoms with Gasteiger partial charge in [-0.05, 0) is 48.2 Å². The van der Waals surface area contributed by atoms with Crippen molar-refractivity contribution >= 4 is 32.3 Å². The minimum absolute atomic E-state index is 0.110. The Kier molecular flexibility index (Phi) is 5.40. The van der Waals surface area contributed by atoms with Crippen LogP contribution in [0.1, 0.15) is 23.3 Å². The van der Waals surface area contributed by atoms with Crippen molar-refractivity contribution in [2.75, 3.05) is 24.8 Å². The number of nitrogens with zero attached hydrogens (tertiary/aromatic N) is 2. The van der Waals surface area contributed by atoms with Crippen LogP contribution < -0.4 is 11.1 Å². The summed E-state index contributed by atoms with van der Waals surface area (Å²) in [5, 5.41) is 12.4. The number of amides is 1. The first-order chi connectivity index (χ1) is 14.3. The highest BCUT2D eigenvalue weighted by Crippen LogP contribution is 2.30. The van der Waals surface area contributed by atoms with E-state index in [-0.39, 0.29) is 16.6 Å². The lowest BCUT2D eigenvalue weighted by molar-refractivity contribution is 0.0904. The first-order valence-corrected chi connectivity index (χ1v) is 11.5. The van der Waals surface area contributed by atoms with Crippen LogP contribution in [0.15, 0.2) is 47.4 Å². The lowest BCUT2D eigenvalue weighted by Crippen LogP contribution is -2.29. The molecule has 0 spiro atoms. The molecule has 1 aliphatic heterocycles. The second kappa shape index (κ2) is 8.00. The number of aromatic nitrogens is 2. The van der Waals surface area contributed by atoms with Crippen LogP contribution in [0.2, 0.25) is 0 Å². The highest BCUT2D eigenvalue weighted by molar-refractivity contribution is 7.90. The van der Waals surface area contributed by atoms with Crippen LogP contribution in [0.5, 0.6) is 0 Å². The van der Waals surface area contributed by atoms with E-state index in [1.165, 1.54) is 6.26 Å². The van der Waals surface area contributed by atoms with E-state index in [0.29, 0.717) is 24.4 Å². The molecule has 1 aromatic heterocycles. The van der Waals surface area contributed by atoms with Crippen LogP contribution in [0, 0.1) is 0 Å². The molecule has 0 radical (unpaired) electrons. The molecule has 1 aliphatic rings. The summed E-state index contributed by atoms with van der Waals surface area (Å²) in [4.78, 5) is 12.2. The number of carbonyl (C=O) groups is 1. The highest BCUT2D eigenvalue weighted by Gasteiger charge is 2.20. The zero-order valence-corrected chi connectivity index (χ0v) is 17.3. The molecule has 4 rings (SSSR count). The van der Waals surface area contributed by atoms with Gasteiger partial charge in [-0.2, -0.15) is 0 Å². The number of carbonyl (C=O) groups excluding carboxylic acids is 1. The molecule has 9 heteroatoms. The van der Waals surface area contributed by atoms with Crippen molar-refractivity contribution in [2.45, 2.75) is 23.8 Å². The van der Waals surface area contributed by atoms with Crippen LogP contribution in [0.3, 0.4) is 0 Å². The molecule has 0 unspecified atom stereocenters. The van der Waals surface area contributed by atoms with Gasteiger partial charge in [-0.1, -0.05) is 18.2 Å². The molecule has 1 amide bonds. The van der Waals surface area contributed by atoms with Gasteiger partial charge >= 0.3 is 0 Å². The fourth-order valence-electron chi connectivity index (χ4n) is 3.55. The number of hydrogen-bond acceptors (Lipinski definition) is 7. The molecule has 0 aliphatic carbocycles. The lowest BCUT2D eigenvalue weighted by Gasteiger charge is -2.25. The number of nitrogens with two attached hydrogens (primary N) is 1. The summed E-state index contributed by atoms with van der Waals surface area (Å²) in [5.74, 6) is -0.639. The first-order valence-electron chi connectivity index (χ1n) is 9.58. The number of anilines is 1. The van der Waals surface area contributed by atoms with Crippen LogP contribution in [0.25, 0.3) is 22.0 Å². The zero-order valence-electron chi connectivity index (χ0n) is 16.5. The van der Waals surface area contributed by atoms with Crippen molar-refractivity contribution < 1.29 is 17.9 Å². The van der Waals surface area contributed by atoms with Gasteiger partial charge in [0.15, 0.2) is 15.5 Å². The van der Waals surface area contributed by atoms with Gasteiger partial charge in [-0.25, -0.2) is 8.42 Å². The molecule has 0 bridgehead atoms. The van der Waals surface area contributed by atoms with E-state index in [0.717, 1.165) is 29.4 Å². The minimum Gasteiger partial charge on any atom is -0.381 e. The molecular weight excluding hydrogens is 404 g/mol. The van der Waals surface area contributed by atoms with Crippen LogP contribution in [-0.2, 0) is 14.6 Å². The van der Waals surface area contributed by atoms with Gasteiger partial charge < -0.3 is 15.8 Å². The van der Waals surface area contributed by atoms with E-state index in [1.807, 2.05) is 18.2 Å². The van der Waals surface area contributed by atoms with Crippen molar-refractivity contribution in [3.05, 3.63) is 48.2 Å². The number of primary amides is 1. The number of sulfone groups is 1. The second-order valence-electron chi connectivity index (χ2n) is 7.35. The van der Waals surface area contributed by atoms with Crippen LogP contribution in [-0.4, -0.2) is 50.0 Å². The summed E-state index contributed by atoms with van der Waals surface area (Å²) < 4.78 is 28.7. The summed E-state index contributed by atoms with van der Waals surface area (Å²) in [5.41, 5.74) is 8.54. The van der Waals surface area contributed by atoms with Crippen molar-refractivity contribution in [3.63, 3.8) is 0 Å². The Hall–Kier alpha value is -3.04. The molecule has 2 aromatic carbocycles. The third kappa shape index (κ3) is 4.12. The van der Waals surface area contributed by atoms with E-state index in [9.17, 15) is 13.2 Å². The van der Waals surface area contributed by atoms with E-state index in [1.54, 1.807) is 24.3 Å². The summed E-state index contributed by atoms with van der Waals surface area (Å²) >= 11 is 0. The molecule has 3 aromatic rings. The SMILES string of the molecule is CS(=O)(=O)c1ccc(-c2ccc3c(NC4CCOCC4)c(C(N)=O)nnc3c2)cc1. The van der Waals surface area contributed by atoms with Gasteiger partial charge in [0.1, 0.15) is 0 Å². The van der Waals surface area contributed by atoms with E-state index in [2.05, 4.69) is 15.5 Å². The average molecular weight is 426 g/mol. The van der Waals surface area contributed by atoms with Gasteiger partial charge in [0.2, 0.25) is 0 Å². The van der Waals surface area contributed by atoms with Crippen LogP contribution >= 0.6 is 0 Å². The maximum absolute atomic E-state index is 11.9. The highest BCUT2D eigenvalue weighted by atomic mass is 32.2. The molecule has 3 N–H and O–H groups in total. The lowest BCUT2D eigenvalue weighted by atomic mass is 10.0. The fraction of sp³-hybridized carbons (Fsp3) is 0.286. The maximum atomic E-state index is 11.9. The largest absolute Gasteiger partial charge is 0.381 e. The van der Waals surface area contributed by atoms with Gasteiger partial charge in [-0.3, -0.25) is 4.79 Å². The molecule has 0 saturated carbocycles. The van der Waals surface area contributed by atoms with Crippen molar-refractivity contribution in [3.8, 4) is 11.1 Å². The third-order valence-electron chi connectivity index (χ3n) is 5.18. The zero-order chi connectivity index (χ0) is 21.3. The summed E-state index contributed by atoms with van der Waals surface area (Å²) in [7, 11) is -3.25. The summed E-state index contributed by atoms with van der Waals surface area (Å²) in [6.45, 7) is 1.32. The first kappa shape index (κ1) is 20.2. The van der Waals surface area contributed by atoms with Crippen molar-refractivity contribution in [1.29, 1.82) is 0 Å². The normalized spacial score (nSPS) is 15.2. The number of rotatable bonds is 5. The average Bonchev–Trinajstić information content (AvgIpc) is 2.73. The monoisotopic (exact) mass is 426 g/mol. The van der Waals surface area contributed by atoms with Crippen molar-refractivity contribution in [1.82, 2.24) is 10.2 Å². The maximum Gasteiger partial charge on any atom is 0.271 e. The van der Waals surface area contributed by atoms with Gasteiger partial charge in [0.25, 0.3) is 5.91 Å². The van der Waals surface area contributed by atoms with Crippen molar-refractivity contribution in [2.24, 2.45) is 5.73 Å². The Balaban J connectivity index is 1.74.